The molecule has 0 amide bonds. The topological polar surface area (TPSA) is 91.3 Å². The zero-order chi connectivity index (χ0) is 22.8. The number of hydrogen-bond donors (Lipinski definition) is 1. The fraction of sp³-hybridized carbons (Fsp3) is 0.208. The molecule has 0 spiro atoms. The summed E-state index contributed by atoms with van der Waals surface area (Å²) in [6.07, 6.45) is 0. The first kappa shape index (κ1) is 21.3. The molecule has 0 radical (unpaired) electrons. The van der Waals surface area contributed by atoms with Crippen LogP contribution in [0.5, 0.6) is 0 Å². The van der Waals surface area contributed by atoms with Gasteiger partial charge in [0.2, 0.25) is 10.0 Å². The molecule has 0 unspecified atom stereocenters. The third-order valence-electron chi connectivity index (χ3n) is 5.73. The summed E-state index contributed by atoms with van der Waals surface area (Å²) in [5.74, 6) is 2.04. The number of fused-ring (bicyclic) bond motifs is 1. The number of aromatic nitrogens is 3. The summed E-state index contributed by atoms with van der Waals surface area (Å²) in [5, 5.41) is 13.4. The van der Waals surface area contributed by atoms with Crippen LogP contribution in [-0.4, -0.2) is 54.1 Å². The van der Waals surface area contributed by atoms with Crippen LogP contribution in [-0.2, 0) is 10.0 Å². The SMILES string of the molecule is Cc1cccc(Nc2ccc(N3CCN(S(=O)(=O)c4cccc5ccccc45)CC3)nn2)n1. The maximum atomic E-state index is 13.4. The van der Waals surface area contributed by atoms with E-state index in [0.29, 0.717) is 42.7 Å². The second kappa shape index (κ2) is 8.76. The van der Waals surface area contributed by atoms with Crippen LogP contribution in [0.2, 0.25) is 0 Å². The number of pyridine rings is 1. The maximum Gasteiger partial charge on any atom is 0.243 e. The van der Waals surface area contributed by atoms with Gasteiger partial charge >= 0.3 is 0 Å². The zero-order valence-electron chi connectivity index (χ0n) is 18.2. The Hall–Kier alpha value is -3.56. The molecule has 1 saturated heterocycles. The molecule has 1 aliphatic heterocycles. The number of piperazine rings is 1. The van der Waals surface area contributed by atoms with E-state index in [4.69, 9.17) is 0 Å². The average molecular weight is 461 g/mol. The normalized spacial score (nSPS) is 15.0. The van der Waals surface area contributed by atoms with Crippen molar-refractivity contribution in [3.8, 4) is 0 Å². The van der Waals surface area contributed by atoms with Gasteiger partial charge in [0.15, 0.2) is 11.6 Å². The summed E-state index contributed by atoms with van der Waals surface area (Å²) >= 11 is 0. The molecule has 5 rings (SSSR count). The maximum absolute atomic E-state index is 13.4. The van der Waals surface area contributed by atoms with E-state index in [9.17, 15) is 8.42 Å². The van der Waals surface area contributed by atoms with E-state index < -0.39 is 10.0 Å². The van der Waals surface area contributed by atoms with Gasteiger partial charge < -0.3 is 10.2 Å². The van der Waals surface area contributed by atoms with E-state index >= 15 is 0 Å². The number of anilines is 3. The molecule has 1 fully saturated rings. The monoisotopic (exact) mass is 460 g/mol. The van der Waals surface area contributed by atoms with Gasteiger partial charge in [-0.3, -0.25) is 0 Å². The van der Waals surface area contributed by atoms with Crippen molar-refractivity contribution < 1.29 is 8.42 Å². The van der Waals surface area contributed by atoms with E-state index in [1.54, 1.807) is 16.4 Å². The van der Waals surface area contributed by atoms with Crippen LogP contribution in [0.25, 0.3) is 10.8 Å². The smallest absolute Gasteiger partial charge is 0.243 e. The molecule has 3 heterocycles. The summed E-state index contributed by atoms with van der Waals surface area (Å²) in [4.78, 5) is 6.81. The summed E-state index contributed by atoms with van der Waals surface area (Å²) in [5.41, 5.74) is 0.918. The molecule has 1 N–H and O–H groups in total. The van der Waals surface area contributed by atoms with Crippen molar-refractivity contribution in [2.75, 3.05) is 36.4 Å². The number of nitrogens with zero attached hydrogens (tertiary/aromatic N) is 5. The molecule has 0 bridgehead atoms. The van der Waals surface area contributed by atoms with Crippen LogP contribution in [0.4, 0.5) is 17.5 Å². The molecular weight excluding hydrogens is 436 g/mol. The highest BCUT2D eigenvalue weighted by molar-refractivity contribution is 7.89. The lowest BCUT2D eigenvalue weighted by atomic mass is 10.1. The van der Waals surface area contributed by atoms with Crippen LogP contribution in [0, 0.1) is 6.92 Å². The van der Waals surface area contributed by atoms with Gasteiger partial charge in [-0.2, -0.15) is 4.31 Å². The first-order valence-corrected chi connectivity index (χ1v) is 12.2. The largest absolute Gasteiger partial charge is 0.352 e. The lowest BCUT2D eigenvalue weighted by molar-refractivity contribution is 0.384. The molecule has 0 aliphatic carbocycles. The molecule has 0 saturated carbocycles. The van der Waals surface area contributed by atoms with Crippen molar-refractivity contribution in [2.45, 2.75) is 11.8 Å². The molecule has 1 aliphatic rings. The molecule has 8 nitrogen and oxygen atoms in total. The van der Waals surface area contributed by atoms with Gasteiger partial charge in [0.25, 0.3) is 0 Å². The van der Waals surface area contributed by atoms with E-state index in [2.05, 4.69) is 25.4 Å². The van der Waals surface area contributed by atoms with Crippen LogP contribution in [0.15, 0.2) is 77.7 Å². The van der Waals surface area contributed by atoms with Gasteiger partial charge in [0.05, 0.1) is 4.90 Å². The van der Waals surface area contributed by atoms with Crippen molar-refractivity contribution in [3.63, 3.8) is 0 Å². The Morgan fingerprint density at radius 2 is 1.55 bits per heavy atom. The summed E-state index contributed by atoms with van der Waals surface area (Å²) in [6.45, 7) is 3.80. The minimum atomic E-state index is -3.59. The first-order valence-electron chi connectivity index (χ1n) is 10.8. The molecule has 33 heavy (non-hydrogen) atoms. The Kier molecular flexibility index (Phi) is 5.65. The number of nitrogens with one attached hydrogen (secondary N) is 1. The van der Waals surface area contributed by atoms with Crippen molar-refractivity contribution in [2.24, 2.45) is 0 Å². The Balaban J connectivity index is 1.27. The molecular formula is C24H24N6O2S. The van der Waals surface area contributed by atoms with Gasteiger partial charge in [0, 0.05) is 37.3 Å². The van der Waals surface area contributed by atoms with Crippen LogP contribution in [0.3, 0.4) is 0 Å². The Morgan fingerprint density at radius 1 is 0.788 bits per heavy atom. The fourth-order valence-corrected chi connectivity index (χ4v) is 5.66. The molecule has 0 atom stereocenters. The Labute approximate surface area is 193 Å². The predicted molar refractivity (Wildman–Crippen MR) is 129 cm³/mol. The molecule has 9 heteroatoms. The van der Waals surface area contributed by atoms with E-state index in [1.807, 2.05) is 67.6 Å². The quantitative estimate of drug-likeness (QED) is 0.487. The summed E-state index contributed by atoms with van der Waals surface area (Å²) in [7, 11) is -3.59. The second-order valence-corrected chi connectivity index (χ2v) is 9.84. The van der Waals surface area contributed by atoms with E-state index in [-0.39, 0.29) is 0 Å². The predicted octanol–water partition coefficient (Wildman–Crippen LogP) is 3.59. The number of sulfonamides is 1. The van der Waals surface area contributed by atoms with Crippen molar-refractivity contribution >= 4 is 38.2 Å². The lowest BCUT2D eigenvalue weighted by Crippen LogP contribution is -2.49. The van der Waals surface area contributed by atoms with Crippen molar-refractivity contribution in [1.82, 2.24) is 19.5 Å². The van der Waals surface area contributed by atoms with Gasteiger partial charge in [0.1, 0.15) is 5.82 Å². The molecule has 2 aromatic carbocycles. The number of hydrogen-bond acceptors (Lipinski definition) is 7. The zero-order valence-corrected chi connectivity index (χ0v) is 19.0. The van der Waals surface area contributed by atoms with Gasteiger partial charge in [-0.25, -0.2) is 13.4 Å². The van der Waals surface area contributed by atoms with E-state index in [1.165, 1.54) is 0 Å². The number of rotatable bonds is 5. The minimum absolute atomic E-state index is 0.356. The second-order valence-electron chi connectivity index (χ2n) is 7.93. The van der Waals surface area contributed by atoms with Crippen LogP contribution >= 0.6 is 0 Å². The van der Waals surface area contributed by atoms with Gasteiger partial charge in [-0.15, -0.1) is 10.2 Å². The summed E-state index contributed by atoms with van der Waals surface area (Å²) in [6, 6.07) is 22.4. The molecule has 168 valence electrons. The number of aryl methyl sites for hydroxylation is 1. The third kappa shape index (κ3) is 4.37. The van der Waals surface area contributed by atoms with Gasteiger partial charge in [-0.1, -0.05) is 42.5 Å². The average Bonchev–Trinajstić information content (AvgIpc) is 2.84. The Morgan fingerprint density at radius 3 is 2.30 bits per heavy atom. The number of benzene rings is 2. The molecule has 4 aromatic rings. The summed E-state index contributed by atoms with van der Waals surface area (Å²) < 4.78 is 28.3. The van der Waals surface area contributed by atoms with Crippen LogP contribution < -0.4 is 10.2 Å². The Bertz CT molecular complexity index is 1380. The highest BCUT2D eigenvalue weighted by atomic mass is 32.2. The highest BCUT2D eigenvalue weighted by Gasteiger charge is 2.30. The molecule has 2 aromatic heterocycles. The fourth-order valence-electron chi connectivity index (χ4n) is 4.02. The lowest BCUT2D eigenvalue weighted by Gasteiger charge is -2.34. The highest BCUT2D eigenvalue weighted by Crippen LogP contribution is 2.27. The van der Waals surface area contributed by atoms with Gasteiger partial charge in [-0.05, 0) is 42.6 Å². The third-order valence-corrected chi connectivity index (χ3v) is 7.68. The first-order chi connectivity index (χ1) is 16.0. The minimum Gasteiger partial charge on any atom is -0.352 e. The van der Waals surface area contributed by atoms with Crippen molar-refractivity contribution in [3.05, 3.63) is 78.5 Å². The van der Waals surface area contributed by atoms with Crippen molar-refractivity contribution in [1.29, 1.82) is 0 Å². The standard InChI is InChI=1S/C24H24N6O2S/c1-18-6-4-11-22(25-18)26-23-12-13-24(28-27-23)29-14-16-30(17-15-29)33(31,32)21-10-5-8-19-7-2-3-9-20(19)21/h2-13H,14-17H2,1H3,(H,25,26,27). The van der Waals surface area contributed by atoms with Crippen LogP contribution in [0.1, 0.15) is 5.69 Å². The van der Waals surface area contributed by atoms with E-state index in [0.717, 1.165) is 22.3 Å².